The van der Waals surface area contributed by atoms with Gasteiger partial charge in [-0.15, -0.1) is 0 Å². The van der Waals surface area contributed by atoms with E-state index in [9.17, 15) is 5.11 Å². The molecular formula is C13H22N4OS. The molecule has 0 aliphatic carbocycles. The summed E-state index contributed by atoms with van der Waals surface area (Å²) in [5.41, 5.74) is -1.05. The normalized spacial score (nSPS) is 26.3. The van der Waals surface area contributed by atoms with Crippen LogP contribution in [0.4, 0.5) is 0 Å². The average Bonchev–Trinajstić information content (AvgIpc) is 2.72. The van der Waals surface area contributed by atoms with Gasteiger partial charge in [0.05, 0.1) is 6.33 Å². The molecule has 1 unspecified atom stereocenters. The Morgan fingerprint density at radius 1 is 1.42 bits per heavy atom. The van der Waals surface area contributed by atoms with Crippen molar-refractivity contribution in [1.82, 2.24) is 19.8 Å². The highest BCUT2D eigenvalue weighted by Crippen LogP contribution is 2.29. The minimum absolute atomic E-state index is 0.165. The molecular weight excluding hydrogens is 260 g/mol. The zero-order valence-corrected chi connectivity index (χ0v) is 12.6. The van der Waals surface area contributed by atoms with Crippen molar-refractivity contribution >= 4 is 17.3 Å². The zero-order valence-electron chi connectivity index (χ0n) is 11.8. The van der Waals surface area contributed by atoms with E-state index in [4.69, 9.17) is 12.2 Å². The lowest BCUT2D eigenvalue weighted by molar-refractivity contribution is -0.0886. The number of aliphatic hydroxyl groups is 1. The molecule has 1 aliphatic heterocycles. The van der Waals surface area contributed by atoms with Gasteiger partial charge in [-0.25, -0.2) is 4.98 Å². The number of nitrogens with one attached hydrogen (secondary N) is 1. The van der Waals surface area contributed by atoms with Crippen LogP contribution in [0.3, 0.4) is 0 Å². The number of aryl methyl sites for hydroxylation is 1. The third-order valence-corrected chi connectivity index (χ3v) is 3.73. The third kappa shape index (κ3) is 3.45. The van der Waals surface area contributed by atoms with Crippen molar-refractivity contribution in [2.75, 3.05) is 6.54 Å². The van der Waals surface area contributed by atoms with E-state index in [2.05, 4.69) is 24.1 Å². The van der Waals surface area contributed by atoms with Gasteiger partial charge in [0.15, 0.2) is 5.11 Å². The molecule has 1 saturated heterocycles. The van der Waals surface area contributed by atoms with Crippen LogP contribution in [0.1, 0.15) is 33.6 Å². The maximum absolute atomic E-state index is 10.6. The second kappa shape index (κ2) is 5.09. The van der Waals surface area contributed by atoms with Crippen LogP contribution in [-0.4, -0.2) is 42.5 Å². The molecule has 0 amide bonds. The Hall–Kier alpha value is -1.14. The van der Waals surface area contributed by atoms with E-state index in [0.717, 1.165) is 19.5 Å². The van der Waals surface area contributed by atoms with Crippen LogP contribution in [-0.2, 0) is 6.54 Å². The standard InChI is InChI=1S/C13H22N4OS/c1-12(2)9-13(3,18)17(11(19)15-12)7-4-6-16-8-5-14-10-16/h5,8,10,18H,4,6-7,9H2,1-3H3,(H,15,19). The van der Waals surface area contributed by atoms with Gasteiger partial charge in [0.2, 0.25) is 0 Å². The van der Waals surface area contributed by atoms with Gasteiger partial charge in [-0.05, 0) is 39.4 Å². The Kier molecular flexibility index (Phi) is 3.82. The fourth-order valence-corrected chi connectivity index (χ4v) is 3.29. The summed E-state index contributed by atoms with van der Waals surface area (Å²) in [6.07, 6.45) is 7.06. The van der Waals surface area contributed by atoms with E-state index < -0.39 is 5.72 Å². The molecule has 5 nitrogen and oxygen atoms in total. The highest BCUT2D eigenvalue weighted by molar-refractivity contribution is 7.80. The fourth-order valence-electron chi connectivity index (χ4n) is 2.73. The summed E-state index contributed by atoms with van der Waals surface area (Å²) >= 11 is 5.37. The summed E-state index contributed by atoms with van der Waals surface area (Å²) in [7, 11) is 0. The number of aromatic nitrogens is 2. The Bertz CT molecular complexity index is 442. The van der Waals surface area contributed by atoms with Gasteiger partial charge < -0.3 is 19.9 Å². The number of thiocarbonyl (C=S) groups is 1. The van der Waals surface area contributed by atoms with Crippen molar-refractivity contribution in [2.45, 2.75) is 51.4 Å². The Balaban J connectivity index is 1.93. The summed E-state index contributed by atoms with van der Waals surface area (Å²) in [6.45, 7) is 7.54. The van der Waals surface area contributed by atoms with Gasteiger partial charge in [-0.1, -0.05) is 0 Å². The second-order valence-electron chi connectivity index (χ2n) is 6.01. The monoisotopic (exact) mass is 282 g/mol. The average molecular weight is 282 g/mol. The first-order valence-corrected chi connectivity index (χ1v) is 6.99. The molecule has 0 aromatic carbocycles. The molecule has 2 heterocycles. The Morgan fingerprint density at radius 2 is 2.16 bits per heavy atom. The first-order chi connectivity index (χ1) is 8.80. The molecule has 1 fully saturated rings. The van der Waals surface area contributed by atoms with Gasteiger partial charge in [0.1, 0.15) is 5.72 Å². The highest BCUT2D eigenvalue weighted by atomic mass is 32.1. The van der Waals surface area contributed by atoms with Crippen LogP contribution < -0.4 is 5.32 Å². The highest BCUT2D eigenvalue weighted by Gasteiger charge is 2.42. The SMILES string of the molecule is CC1(C)CC(C)(O)N(CCCn2ccnc2)C(=S)N1. The van der Waals surface area contributed by atoms with Crippen LogP contribution in [0.15, 0.2) is 18.7 Å². The number of hydrogen-bond donors (Lipinski definition) is 2. The largest absolute Gasteiger partial charge is 0.371 e. The maximum atomic E-state index is 10.6. The minimum Gasteiger partial charge on any atom is -0.371 e. The van der Waals surface area contributed by atoms with E-state index in [1.165, 1.54) is 0 Å². The van der Waals surface area contributed by atoms with Gasteiger partial charge in [-0.3, -0.25) is 0 Å². The van der Waals surface area contributed by atoms with E-state index in [0.29, 0.717) is 11.5 Å². The topological polar surface area (TPSA) is 53.3 Å². The molecule has 0 bridgehead atoms. The van der Waals surface area contributed by atoms with E-state index in [1.54, 1.807) is 12.5 Å². The van der Waals surface area contributed by atoms with Crippen LogP contribution in [0.5, 0.6) is 0 Å². The zero-order chi connectivity index (χ0) is 14.1. The van der Waals surface area contributed by atoms with Gasteiger partial charge in [0, 0.05) is 37.4 Å². The predicted octanol–water partition coefficient (Wildman–Crippen LogP) is 1.34. The fraction of sp³-hybridized carbons (Fsp3) is 0.692. The first kappa shape index (κ1) is 14.3. The molecule has 1 aliphatic rings. The summed E-state index contributed by atoms with van der Waals surface area (Å²) in [5.74, 6) is 0. The summed E-state index contributed by atoms with van der Waals surface area (Å²) in [5, 5.41) is 14.5. The Morgan fingerprint density at radius 3 is 2.74 bits per heavy atom. The molecule has 0 spiro atoms. The van der Waals surface area contributed by atoms with Crippen LogP contribution in [0, 0.1) is 0 Å². The lowest BCUT2D eigenvalue weighted by atomic mass is 9.90. The van der Waals surface area contributed by atoms with Crippen LogP contribution in [0.25, 0.3) is 0 Å². The van der Waals surface area contributed by atoms with Gasteiger partial charge >= 0.3 is 0 Å². The van der Waals surface area contributed by atoms with Crippen molar-refractivity contribution in [3.63, 3.8) is 0 Å². The molecule has 106 valence electrons. The quantitative estimate of drug-likeness (QED) is 0.816. The molecule has 1 aromatic heterocycles. The molecule has 6 heteroatoms. The van der Waals surface area contributed by atoms with E-state index >= 15 is 0 Å². The maximum Gasteiger partial charge on any atom is 0.171 e. The summed E-state index contributed by atoms with van der Waals surface area (Å²) < 4.78 is 2.03. The van der Waals surface area contributed by atoms with Crippen LogP contribution in [0.2, 0.25) is 0 Å². The smallest absolute Gasteiger partial charge is 0.171 e. The molecule has 0 saturated carbocycles. The predicted molar refractivity (Wildman–Crippen MR) is 78.6 cm³/mol. The summed E-state index contributed by atoms with van der Waals surface area (Å²) in [6, 6.07) is 0. The molecule has 1 aromatic rings. The molecule has 1 atom stereocenters. The van der Waals surface area contributed by atoms with Crippen LogP contribution >= 0.6 is 12.2 Å². The summed E-state index contributed by atoms with van der Waals surface area (Å²) in [4.78, 5) is 5.89. The Labute approximate surface area is 119 Å². The third-order valence-electron chi connectivity index (χ3n) is 3.41. The minimum atomic E-state index is -0.888. The number of nitrogens with zero attached hydrogens (tertiary/aromatic N) is 3. The lowest BCUT2D eigenvalue weighted by Crippen LogP contribution is -2.66. The van der Waals surface area contributed by atoms with Crippen molar-refractivity contribution in [3.05, 3.63) is 18.7 Å². The first-order valence-electron chi connectivity index (χ1n) is 6.58. The number of hydrogen-bond acceptors (Lipinski definition) is 3. The molecule has 2 N–H and O–H groups in total. The van der Waals surface area contributed by atoms with Gasteiger partial charge in [-0.2, -0.15) is 0 Å². The lowest BCUT2D eigenvalue weighted by Gasteiger charge is -2.49. The van der Waals surface area contributed by atoms with Crippen molar-refractivity contribution in [3.8, 4) is 0 Å². The van der Waals surface area contributed by atoms with Crippen molar-refractivity contribution in [1.29, 1.82) is 0 Å². The molecule has 19 heavy (non-hydrogen) atoms. The number of imidazole rings is 1. The van der Waals surface area contributed by atoms with E-state index in [1.807, 2.05) is 22.6 Å². The van der Waals surface area contributed by atoms with Crippen molar-refractivity contribution < 1.29 is 5.11 Å². The number of rotatable bonds is 4. The van der Waals surface area contributed by atoms with Gasteiger partial charge in [0.25, 0.3) is 0 Å². The van der Waals surface area contributed by atoms with Crippen molar-refractivity contribution in [2.24, 2.45) is 0 Å². The molecule has 0 radical (unpaired) electrons. The second-order valence-corrected chi connectivity index (χ2v) is 6.40. The molecule has 2 rings (SSSR count). The van der Waals surface area contributed by atoms with E-state index in [-0.39, 0.29) is 5.54 Å².